The zero-order valence-electron chi connectivity index (χ0n) is 10.4. The van der Waals surface area contributed by atoms with Gasteiger partial charge in [-0.3, -0.25) is 0 Å². The second-order valence-corrected chi connectivity index (χ2v) is 7.53. The Morgan fingerprint density at radius 3 is 2.29 bits per heavy atom. The number of benzene rings is 1. The Bertz CT molecular complexity index is 350. The minimum Gasteiger partial charge on any atom is -0.0881 e. The van der Waals surface area contributed by atoms with Crippen LogP contribution in [0.1, 0.15) is 44.6 Å². The summed E-state index contributed by atoms with van der Waals surface area (Å²) in [5, 5.41) is 0. The van der Waals surface area contributed by atoms with Crippen molar-refractivity contribution < 1.29 is 0 Å². The second kappa shape index (κ2) is 5.88. The van der Waals surface area contributed by atoms with E-state index in [4.69, 9.17) is 0 Å². The molecule has 1 aliphatic carbocycles. The summed E-state index contributed by atoms with van der Waals surface area (Å²) in [5.41, 5.74) is 1.92. The van der Waals surface area contributed by atoms with Crippen LogP contribution in [0.3, 0.4) is 0 Å². The summed E-state index contributed by atoms with van der Waals surface area (Å²) in [5.74, 6) is 0. The first kappa shape index (κ1) is 13.6. The Morgan fingerprint density at radius 1 is 1.12 bits per heavy atom. The molecule has 0 heterocycles. The van der Waals surface area contributed by atoms with Gasteiger partial charge in [-0.1, -0.05) is 70.2 Å². The maximum Gasteiger partial charge on any atom is 0.0239 e. The number of rotatable bonds is 3. The predicted octanol–water partition coefficient (Wildman–Crippen LogP) is 5.73. The lowest BCUT2D eigenvalue weighted by atomic mass is 9.72. The summed E-state index contributed by atoms with van der Waals surface area (Å²) in [6.07, 6.45) is 8.12. The van der Waals surface area contributed by atoms with Gasteiger partial charge >= 0.3 is 0 Å². The van der Waals surface area contributed by atoms with E-state index < -0.39 is 0 Å². The monoisotopic (exact) mass is 358 g/mol. The third-order valence-corrected chi connectivity index (χ3v) is 6.04. The van der Waals surface area contributed by atoms with Crippen LogP contribution in [-0.4, -0.2) is 4.83 Å². The largest absolute Gasteiger partial charge is 0.0881 e. The fraction of sp³-hybridized carbons (Fsp3) is 0.600. The lowest BCUT2D eigenvalue weighted by molar-refractivity contribution is 0.211. The molecule has 0 saturated heterocycles. The highest BCUT2D eigenvalue weighted by atomic mass is 79.9. The van der Waals surface area contributed by atoms with Crippen LogP contribution in [0.5, 0.6) is 0 Å². The number of hydrogen-bond donors (Lipinski definition) is 0. The molecule has 1 unspecified atom stereocenters. The van der Waals surface area contributed by atoms with Gasteiger partial charge in [0.05, 0.1) is 0 Å². The Hall–Kier alpha value is 0.180. The van der Waals surface area contributed by atoms with Crippen LogP contribution in [0.15, 0.2) is 28.7 Å². The molecule has 1 fully saturated rings. The first-order chi connectivity index (χ1) is 8.10. The normalized spacial score (nSPS) is 21.1. The van der Waals surface area contributed by atoms with Gasteiger partial charge in [-0.25, -0.2) is 0 Å². The fourth-order valence-corrected chi connectivity index (χ4v) is 3.84. The molecule has 0 bridgehead atoms. The van der Waals surface area contributed by atoms with Crippen molar-refractivity contribution >= 4 is 31.9 Å². The molecule has 0 radical (unpaired) electrons. The van der Waals surface area contributed by atoms with Crippen LogP contribution < -0.4 is 0 Å². The van der Waals surface area contributed by atoms with E-state index >= 15 is 0 Å². The average Bonchev–Trinajstić information content (AvgIpc) is 2.33. The van der Waals surface area contributed by atoms with Crippen LogP contribution in [-0.2, 0) is 6.42 Å². The summed E-state index contributed by atoms with van der Waals surface area (Å²) >= 11 is 7.43. The summed E-state index contributed by atoms with van der Waals surface area (Å²) < 4.78 is 1.16. The van der Waals surface area contributed by atoms with E-state index in [1.165, 1.54) is 37.7 Å². The van der Waals surface area contributed by atoms with Crippen LogP contribution in [0, 0.1) is 5.41 Å². The maximum atomic E-state index is 3.94. The summed E-state index contributed by atoms with van der Waals surface area (Å²) in [6.45, 7) is 2.45. The third-order valence-electron chi connectivity index (χ3n) is 4.08. The maximum absolute atomic E-state index is 3.94. The van der Waals surface area contributed by atoms with Gasteiger partial charge in [0.25, 0.3) is 0 Å². The second-order valence-electron chi connectivity index (χ2n) is 5.51. The van der Waals surface area contributed by atoms with Crippen LogP contribution in [0.25, 0.3) is 0 Å². The summed E-state index contributed by atoms with van der Waals surface area (Å²) in [7, 11) is 0. The Labute approximate surface area is 121 Å². The van der Waals surface area contributed by atoms with Gasteiger partial charge in [0.15, 0.2) is 0 Å². The SMILES string of the molecule is CC1(C(Br)Cc2ccc(Br)cc2)CCCCC1. The van der Waals surface area contributed by atoms with Crippen molar-refractivity contribution in [3.05, 3.63) is 34.3 Å². The molecule has 2 rings (SSSR count). The number of alkyl halides is 1. The minimum absolute atomic E-state index is 0.491. The quantitative estimate of drug-likeness (QED) is 0.605. The summed E-state index contributed by atoms with van der Waals surface area (Å²) in [4.78, 5) is 0.608. The van der Waals surface area contributed by atoms with Gasteiger partial charge < -0.3 is 0 Å². The van der Waals surface area contributed by atoms with Gasteiger partial charge in [0.1, 0.15) is 0 Å². The molecule has 0 N–H and O–H groups in total. The van der Waals surface area contributed by atoms with Crippen molar-refractivity contribution in [1.82, 2.24) is 0 Å². The van der Waals surface area contributed by atoms with Crippen molar-refractivity contribution in [2.75, 3.05) is 0 Å². The molecule has 1 aliphatic rings. The van der Waals surface area contributed by atoms with Gasteiger partial charge in [0.2, 0.25) is 0 Å². The van der Waals surface area contributed by atoms with E-state index in [1.54, 1.807) is 0 Å². The molecular formula is C15H20Br2. The highest BCUT2D eigenvalue weighted by Gasteiger charge is 2.33. The third kappa shape index (κ3) is 3.57. The van der Waals surface area contributed by atoms with Crippen LogP contribution >= 0.6 is 31.9 Å². The van der Waals surface area contributed by atoms with E-state index in [0.29, 0.717) is 10.2 Å². The van der Waals surface area contributed by atoms with Crippen molar-refractivity contribution in [2.24, 2.45) is 5.41 Å². The Kier molecular flexibility index (Phi) is 4.71. The van der Waals surface area contributed by atoms with Crippen molar-refractivity contribution in [2.45, 2.75) is 50.3 Å². The molecule has 0 amide bonds. The molecule has 0 nitrogen and oxygen atoms in total. The summed E-state index contributed by atoms with van der Waals surface area (Å²) in [6, 6.07) is 8.73. The molecule has 0 spiro atoms. The average molecular weight is 360 g/mol. The van der Waals surface area contributed by atoms with E-state index in [9.17, 15) is 0 Å². The molecule has 1 aromatic rings. The molecule has 2 heteroatoms. The zero-order chi connectivity index (χ0) is 12.3. The van der Waals surface area contributed by atoms with E-state index in [0.717, 1.165) is 10.9 Å². The smallest absolute Gasteiger partial charge is 0.0239 e. The Morgan fingerprint density at radius 2 is 1.71 bits per heavy atom. The molecule has 0 aromatic heterocycles. The first-order valence-electron chi connectivity index (χ1n) is 6.49. The molecular weight excluding hydrogens is 340 g/mol. The van der Waals surface area contributed by atoms with Crippen LogP contribution in [0.2, 0.25) is 0 Å². The van der Waals surface area contributed by atoms with Gasteiger partial charge in [-0.2, -0.15) is 0 Å². The highest BCUT2D eigenvalue weighted by molar-refractivity contribution is 9.10. The standard InChI is InChI=1S/C15H20Br2/c1-15(9-3-2-4-10-15)14(17)11-12-5-7-13(16)8-6-12/h5-8,14H,2-4,9-11H2,1H3. The van der Waals surface area contributed by atoms with Gasteiger partial charge in [-0.15, -0.1) is 0 Å². The van der Waals surface area contributed by atoms with E-state index in [2.05, 4.69) is 63.0 Å². The van der Waals surface area contributed by atoms with Gasteiger partial charge in [0, 0.05) is 9.30 Å². The predicted molar refractivity (Wildman–Crippen MR) is 81.8 cm³/mol. The molecule has 1 aromatic carbocycles. The zero-order valence-corrected chi connectivity index (χ0v) is 13.6. The van der Waals surface area contributed by atoms with Crippen LogP contribution in [0.4, 0.5) is 0 Å². The highest BCUT2D eigenvalue weighted by Crippen LogP contribution is 2.43. The fourth-order valence-electron chi connectivity index (χ4n) is 2.75. The lowest BCUT2D eigenvalue weighted by Crippen LogP contribution is -2.31. The molecule has 0 aliphatic heterocycles. The minimum atomic E-state index is 0.491. The topological polar surface area (TPSA) is 0 Å². The molecule has 1 atom stereocenters. The Balaban J connectivity index is 2.00. The van der Waals surface area contributed by atoms with E-state index in [-0.39, 0.29) is 0 Å². The molecule has 94 valence electrons. The first-order valence-corrected chi connectivity index (χ1v) is 8.19. The van der Waals surface area contributed by atoms with Crippen molar-refractivity contribution in [3.8, 4) is 0 Å². The lowest BCUT2D eigenvalue weighted by Gasteiger charge is -2.38. The molecule has 17 heavy (non-hydrogen) atoms. The molecule has 1 saturated carbocycles. The van der Waals surface area contributed by atoms with Gasteiger partial charge in [-0.05, 0) is 42.4 Å². The number of hydrogen-bond acceptors (Lipinski definition) is 0. The van der Waals surface area contributed by atoms with Crippen molar-refractivity contribution in [3.63, 3.8) is 0 Å². The van der Waals surface area contributed by atoms with E-state index in [1.807, 2.05) is 0 Å². The van der Waals surface area contributed by atoms with Crippen molar-refractivity contribution in [1.29, 1.82) is 0 Å². The number of halogens is 2.